The van der Waals surface area contributed by atoms with E-state index in [1.165, 1.54) is 18.4 Å². The lowest BCUT2D eigenvalue weighted by Crippen LogP contribution is -2.51. The number of rotatable bonds is 8. The SMILES string of the molecule is CC(C)Nc1cc(-c2ccc3cc(C#N)cnn23)ncc1-c1nnc(N2CCN(C(=O)C3CCN(Cc4ccc5c(c4)C(=O)N(C)C5=O)CC3)CC2)s1. The van der Waals surface area contributed by atoms with Crippen LogP contribution in [0.3, 0.4) is 0 Å². The number of amides is 3. The molecule has 3 amide bonds. The van der Waals surface area contributed by atoms with Crippen LogP contribution in [-0.4, -0.2) is 110 Å². The highest BCUT2D eigenvalue weighted by Gasteiger charge is 2.34. The number of hydrogen-bond donors (Lipinski definition) is 1. The standard InChI is InChI=1S/C38H39N11O3S/c1-23(2)42-31-18-32(33-7-5-27-16-25(19-39)20-41-49(27)33)40-21-30(31)34-43-44-38(53-34)48-14-12-47(13-15-48)35(50)26-8-10-46(11-9-26)22-24-4-6-28-29(17-24)37(52)45(3)36(28)51/h4-7,16-18,20-21,23,26H,8-15,22H2,1-3H3,(H,40,42). The fourth-order valence-corrected chi connectivity index (χ4v) is 8.30. The van der Waals surface area contributed by atoms with Crippen molar-refractivity contribution in [3.8, 4) is 28.0 Å². The lowest BCUT2D eigenvalue weighted by molar-refractivity contribution is -0.137. The Morgan fingerprint density at radius 3 is 2.47 bits per heavy atom. The summed E-state index contributed by atoms with van der Waals surface area (Å²) in [5.41, 5.74) is 6.58. The number of pyridine rings is 1. The Bertz CT molecular complexity index is 2280. The van der Waals surface area contributed by atoms with Gasteiger partial charge in [-0.1, -0.05) is 17.4 Å². The maximum Gasteiger partial charge on any atom is 0.261 e. The fraction of sp³-hybridized carbons (Fsp3) is 0.368. The number of nitriles is 1. The van der Waals surface area contributed by atoms with Crippen molar-refractivity contribution in [1.82, 2.24) is 39.5 Å². The molecule has 0 unspecified atom stereocenters. The van der Waals surface area contributed by atoms with Crippen LogP contribution in [0.25, 0.3) is 27.5 Å². The Balaban J connectivity index is 0.877. The molecule has 15 heteroatoms. The van der Waals surface area contributed by atoms with Crippen LogP contribution in [0.1, 0.15) is 58.5 Å². The summed E-state index contributed by atoms with van der Waals surface area (Å²) in [6, 6.07) is 15.5. The normalized spacial score (nSPS) is 16.8. The summed E-state index contributed by atoms with van der Waals surface area (Å²) in [6.45, 7) is 9.10. The molecule has 2 fully saturated rings. The van der Waals surface area contributed by atoms with E-state index in [0.29, 0.717) is 49.4 Å². The zero-order valence-corrected chi connectivity index (χ0v) is 30.6. The highest BCUT2D eigenvalue weighted by atomic mass is 32.1. The van der Waals surface area contributed by atoms with Crippen LogP contribution in [0.5, 0.6) is 0 Å². The molecule has 3 aliphatic rings. The maximum atomic E-state index is 13.6. The van der Waals surface area contributed by atoms with E-state index in [-0.39, 0.29) is 29.7 Å². The number of piperidine rings is 1. The van der Waals surface area contributed by atoms with Gasteiger partial charge in [-0.25, -0.2) is 4.52 Å². The Kier molecular flexibility index (Phi) is 9.09. The van der Waals surface area contributed by atoms with Crippen molar-refractivity contribution in [3.05, 3.63) is 77.1 Å². The molecule has 14 nitrogen and oxygen atoms in total. The highest BCUT2D eigenvalue weighted by molar-refractivity contribution is 7.18. The lowest BCUT2D eigenvalue weighted by atomic mass is 9.94. The molecule has 0 atom stereocenters. The summed E-state index contributed by atoms with van der Waals surface area (Å²) in [4.78, 5) is 50.7. The summed E-state index contributed by atoms with van der Waals surface area (Å²) in [5.74, 6) is -0.287. The van der Waals surface area contributed by atoms with Gasteiger partial charge in [0.1, 0.15) is 6.07 Å². The van der Waals surface area contributed by atoms with Gasteiger partial charge in [-0.3, -0.25) is 29.2 Å². The third kappa shape index (κ3) is 6.60. The molecule has 0 spiro atoms. The Hall–Kier alpha value is -5.72. The van der Waals surface area contributed by atoms with Gasteiger partial charge < -0.3 is 15.1 Å². The number of nitrogens with one attached hydrogen (secondary N) is 1. The largest absolute Gasteiger partial charge is 0.382 e. The minimum Gasteiger partial charge on any atom is -0.382 e. The lowest BCUT2D eigenvalue weighted by Gasteiger charge is -2.38. The first-order valence-electron chi connectivity index (χ1n) is 17.9. The van der Waals surface area contributed by atoms with Gasteiger partial charge >= 0.3 is 0 Å². The van der Waals surface area contributed by atoms with E-state index >= 15 is 0 Å². The van der Waals surface area contributed by atoms with Crippen molar-refractivity contribution in [2.75, 3.05) is 56.5 Å². The van der Waals surface area contributed by atoms with Crippen LogP contribution in [0.4, 0.5) is 10.8 Å². The van der Waals surface area contributed by atoms with Crippen LogP contribution in [0.2, 0.25) is 0 Å². The molecule has 8 rings (SSSR count). The molecule has 3 aliphatic heterocycles. The number of piperazine rings is 1. The molecule has 270 valence electrons. The molecule has 0 aliphatic carbocycles. The van der Waals surface area contributed by atoms with E-state index in [0.717, 1.165) is 74.7 Å². The average Bonchev–Trinajstić information content (AvgIpc) is 3.89. The molecular weight excluding hydrogens is 691 g/mol. The summed E-state index contributed by atoms with van der Waals surface area (Å²) in [5, 5.41) is 28.0. The van der Waals surface area contributed by atoms with Crippen LogP contribution < -0.4 is 10.2 Å². The first-order valence-corrected chi connectivity index (χ1v) is 18.7. The predicted molar refractivity (Wildman–Crippen MR) is 200 cm³/mol. The second-order valence-corrected chi connectivity index (χ2v) is 15.1. The van der Waals surface area contributed by atoms with Crippen molar-refractivity contribution in [3.63, 3.8) is 0 Å². The number of nitrogens with zero attached hydrogens (tertiary/aromatic N) is 10. The Morgan fingerprint density at radius 1 is 0.943 bits per heavy atom. The van der Waals surface area contributed by atoms with Crippen molar-refractivity contribution >= 4 is 45.4 Å². The second-order valence-electron chi connectivity index (χ2n) is 14.1. The molecule has 53 heavy (non-hydrogen) atoms. The van der Waals surface area contributed by atoms with E-state index in [2.05, 4.69) is 50.3 Å². The minimum absolute atomic E-state index is 0.00304. The van der Waals surface area contributed by atoms with Gasteiger partial charge in [-0.2, -0.15) is 10.4 Å². The van der Waals surface area contributed by atoms with Gasteiger partial charge in [0.25, 0.3) is 11.8 Å². The van der Waals surface area contributed by atoms with Gasteiger partial charge in [0, 0.05) is 63.6 Å². The Labute approximate surface area is 310 Å². The van der Waals surface area contributed by atoms with E-state index in [4.69, 9.17) is 4.98 Å². The smallest absolute Gasteiger partial charge is 0.261 e. The molecule has 5 aromatic rings. The van der Waals surface area contributed by atoms with Crippen LogP contribution in [0, 0.1) is 17.2 Å². The molecule has 4 aromatic heterocycles. The number of carbonyl (C=O) groups is 3. The van der Waals surface area contributed by atoms with Crippen LogP contribution >= 0.6 is 11.3 Å². The van der Waals surface area contributed by atoms with Crippen molar-refractivity contribution < 1.29 is 14.4 Å². The summed E-state index contributed by atoms with van der Waals surface area (Å²) in [7, 11) is 1.51. The molecule has 0 bridgehead atoms. The summed E-state index contributed by atoms with van der Waals surface area (Å²) in [6.07, 6.45) is 4.96. The number of imide groups is 1. The van der Waals surface area contributed by atoms with Crippen LogP contribution in [0.15, 0.2) is 54.9 Å². The van der Waals surface area contributed by atoms with Gasteiger partial charge in [0.15, 0.2) is 5.01 Å². The first kappa shape index (κ1) is 34.4. The molecule has 0 radical (unpaired) electrons. The monoisotopic (exact) mass is 729 g/mol. The number of likely N-dealkylation sites (tertiary alicyclic amines) is 1. The van der Waals surface area contributed by atoms with Gasteiger partial charge in [-0.05, 0) is 81.7 Å². The molecule has 1 aromatic carbocycles. The van der Waals surface area contributed by atoms with Gasteiger partial charge in [-0.15, -0.1) is 10.2 Å². The minimum atomic E-state index is -0.253. The predicted octanol–water partition coefficient (Wildman–Crippen LogP) is 4.39. The average molecular weight is 730 g/mol. The molecule has 2 saturated heterocycles. The van der Waals surface area contributed by atoms with E-state index in [9.17, 15) is 19.6 Å². The topological polar surface area (TPSA) is 156 Å². The van der Waals surface area contributed by atoms with Crippen molar-refractivity contribution in [2.24, 2.45) is 5.92 Å². The molecular formula is C38H39N11O3S. The number of fused-ring (bicyclic) bond motifs is 2. The van der Waals surface area contributed by atoms with Crippen molar-refractivity contribution in [1.29, 1.82) is 5.26 Å². The third-order valence-corrected chi connectivity index (χ3v) is 11.3. The van der Waals surface area contributed by atoms with Crippen LogP contribution in [-0.2, 0) is 11.3 Å². The highest BCUT2D eigenvalue weighted by Crippen LogP contribution is 2.36. The molecule has 0 saturated carbocycles. The number of carbonyl (C=O) groups excluding carboxylic acids is 3. The van der Waals surface area contributed by atoms with Gasteiger partial charge in [0.05, 0.1) is 45.4 Å². The maximum absolute atomic E-state index is 13.6. The second kappa shape index (κ2) is 14.0. The zero-order valence-electron chi connectivity index (χ0n) is 29.8. The Morgan fingerprint density at radius 2 is 1.72 bits per heavy atom. The molecule has 1 N–H and O–H groups in total. The summed E-state index contributed by atoms with van der Waals surface area (Å²) >= 11 is 1.52. The molecule has 7 heterocycles. The van der Waals surface area contributed by atoms with E-state index < -0.39 is 0 Å². The number of benzene rings is 1. The number of hydrogen-bond acceptors (Lipinski definition) is 12. The van der Waals surface area contributed by atoms with Crippen molar-refractivity contribution in [2.45, 2.75) is 39.3 Å². The van der Waals surface area contributed by atoms with E-state index in [1.54, 1.807) is 22.8 Å². The van der Waals surface area contributed by atoms with Gasteiger partial charge in [0.2, 0.25) is 11.0 Å². The quantitative estimate of drug-likeness (QED) is 0.226. The third-order valence-electron chi connectivity index (χ3n) is 10.2. The number of anilines is 2. The summed E-state index contributed by atoms with van der Waals surface area (Å²) < 4.78 is 1.78. The zero-order chi connectivity index (χ0) is 36.8. The first-order chi connectivity index (χ1) is 25.7. The number of aromatic nitrogens is 5. The van der Waals surface area contributed by atoms with E-state index in [1.807, 2.05) is 41.4 Å². The fourth-order valence-electron chi connectivity index (χ4n) is 7.38.